The molecule has 0 unspecified atom stereocenters. The van der Waals surface area contributed by atoms with Gasteiger partial charge in [-0.3, -0.25) is 4.79 Å². The average Bonchev–Trinajstić information content (AvgIpc) is 2.52. The Morgan fingerprint density at radius 1 is 1.36 bits per heavy atom. The van der Waals surface area contributed by atoms with Gasteiger partial charge < -0.3 is 5.11 Å². The zero-order chi connectivity index (χ0) is 8.10. The molecule has 0 spiro atoms. The summed E-state index contributed by atoms with van der Waals surface area (Å²) in [4.78, 5) is 11.3. The summed E-state index contributed by atoms with van der Waals surface area (Å²) in [5.74, 6) is 0.707. The summed E-state index contributed by atoms with van der Waals surface area (Å²) in [6.07, 6.45) is 5.84. The fourth-order valence-electron chi connectivity index (χ4n) is 1.71. The molecule has 64 valence electrons. The fraction of sp³-hybridized carbons (Fsp3) is 0.889. The number of aliphatic hydroxyl groups excluding tert-OH is 1. The molecule has 0 saturated heterocycles. The highest BCUT2D eigenvalue weighted by atomic mass is 16.3. The topological polar surface area (TPSA) is 37.3 Å². The minimum Gasteiger partial charge on any atom is -0.396 e. The van der Waals surface area contributed by atoms with Crippen LogP contribution in [0.1, 0.15) is 38.5 Å². The molecule has 2 nitrogen and oxygen atoms in total. The summed E-state index contributed by atoms with van der Waals surface area (Å²) in [5, 5.41) is 8.51. The molecule has 0 aromatic heterocycles. The van der Waals surface area contributed by atoms with E-state index in [1.807, 2.05) is 0 Å². The standard InChI is InChI=1S/C9H16O2/c10-7-3-6-9(11)8-4-1-2-5-8/h8,10H,1-7H2. The van der Waals surface area contributed by atoms with Gasteiger partial charge in [0.15, 0.2) is 0 Å². The average molecular weight is 156 g/mol. The molecule has 0 aromatic carbocycles. The van der Waals surface area contributed by atoms with Crippen molar-refractivity contribution in [3.05, 3.63) is 0 Å². The maximum absolute atomic E-state index is 11.3. The molecule has 1 N–H and O–H groups in total. The molecule has 0 bridgehead atoms. The molecule has 1 aliphatic rings. The Labute approximate surface area is 67.6 Å². The van der Waals surface area contributed by atoms with Crippen LogP contribution in [0.3, 0.4) is 0 Å². The SMILES string of the molecule is O=C(CCCO)C1CCCC1. The van der Waals surface area contributed by atoms with E-state index in [2.05, 4.69) is 0 Å². The normalized spacial score (nSPS) is 19.0. The van der Waals surface area contributed by atoms with Gasteiger partial charge in [-0.2, -0.15) is 0 Å². The minimum atomic E-state index is 0.151. The first-order chi connectivity index (χ1) is 5.34. The molecule has 2 heteroatoms. The molecule has 0 aromatic rings. The largest absolute Gasteiger partial charge is 0.396 e. The molecule has 0 aliphatic heterocycles. The second kappa shape index (κ2) is 4.50. The second-order valence-electron chi connectivity index (χ2n) is 3.27. The summed E-state index contributed by atoms with van der Waals surface area (Å²) in [6, 6.07) is 0. The lowest BCUT2D eigenvalue weighted by atomic mass is 9.99. The van der Waals surface area contributed by atoms with Crippen molar-refractivity contribution < 1.29 is 9.90 Å². The zero-order valence-electron chi connectivity index (χ0n) is 6.88. The summed E-state index contributed by atoms with van der Waals surface area (Å²) in [5.41, 5.74) is 0. The van der Waals surface area contributed by atoms with Gasteiger partial charge in [-0.1, -0.05) is 12.8 Å². The van der Waals surface area contributed by atoms with Crippen LogP contribution in [0, 0.1) is 5.92 Å². The van der Waals surface area contributed by atoms with Crippen LogP contribution in [0.5, 0.6) is 0 Å². The quantitative estimate of drug-likeness (QED) is 0.670. The van der Waals surface area contributed by atoms with E-state index in [0.29, 0.717) is 24.5 Å². The van der Waals surface area contributed by atoms with E-state index in [0.717, 1.165) is 12.8 Å². The van der Waals surface area contributed by atoms with Crippen LogP contribution in [-0.2, 0) is 4.79 Å². The van der Waals surface area contributed by atoms with Gasteiger partial charge in [-0.15, -0.1) is 0 Å². The van der Waals surface area contributed by atoms with E-state index < -0.39 is 0 Å². The summed E-state index contributed by atoms with van der Waals surface area (Å²) < 4.78 is 0. The van der Waals surface area contributed by atoms with Crippen molar-refractivity contribution in [2.45, 2.75) is 38.5 Å². The minimum absolute atomic E-state index is 0.151. The Kier molecular flexibility index (Phi) is 3.57. The van der Waals surface area contributed by atoms with Gasteiger partial charge in [0.25, 0.3) is 0 Å². The van der Waals surface area contributed by atoms with Crippen molar-refractivity contribution >= 4 is 5.78 Å². The Morgan fingerprint density at radius 2 is 2.00 bits per heavy atom. The fourth-order valence-corrected chi connectivity index (χ4v) is 1.71. The number of Topliss-reactive ketones (excluding diaryl/α,β-unsaturated/α-hetero) is 1. The predicted molar refractivity (Wildman–Crippen MR) is 43.3 cm³/mol. The molecule has 0 radical (unpaired) electrons. The highest BCUT2D eigenvalue weighted by Gasteiger charge is 2.21. The number of hydrogen-bond donors (Lipinski definition) is 1. The molecule has 0 atom stereocenters. The van der Waals surface area contributed by atoms with E-state index >= 15 is 0 Å². The van der Waals surface area contributed by atoms with Crippen LogP contribution in [0.4, 0.5) is 0 Å². The molecule has 1 fully saturated rings. The van der Waals surface area contributed by atoms with Gasteiger partial charge in [-0.25, -0.2) is 0 Å². The van der Waals surface area contributed by atoms with Gasteiger partial charge in [0.2, 0.25) is 0 Å². The van der Waals surface area contributed by atoms with Crippen molar-refractivity contribution in [2.24, 2.45) is 5.92 Å². The Balaban J connectivity index is 2.17. The van der Waals surface area contributed by atoms with Gasteiger partial charge in [0.05, 0.1) is 0 Å². The Morgan fingerprint density at radius 3 is 2.55 bits per heavy atom. The monoisotopic (exact) mass is 156 g/mol. The van der Waals surface area contributed by atoms with Crippen LogP contribution < -0.4 is 0 Å². The van der Waals surface area contributed by atoms with Crippen molar-refractivity contribution in [1.29, 1.82) is 0 Å². The second-order valence-corrected chi connectivity index (χ2v) is 3.27. The van der Waals surface area contributed by atoms with Crippen molar-refractivity contribution in [3.8, 4) is 0 Å². The lowest BCUT2D eigenvalue weighted by Crippen LogP contribution is -2.10. The lowest BCUT2D eigenvalue weighted by Gasteiger charge is -2.05. The van der Waals surface area contributed by atoms with E-state index in [4.69, 9.17) is 5.11 Å². The molecule has 1 saturated carbocycles. The lowest BCUT2D eigenvalue weighted by molar-refractivity contribution is -0.122. The molecule has 0 amide bonds. The van der Waals surface area contributed by atoms with Gasteiger partial charge in [0, 0.05) is 18.9 Å². The smallest absolute Gasteiger partial charge is 0.136 e. The molecule has 1 rings (SSSR count). The highest BCUT2D eigenvalue weighted by molar-refractivity contribution is 5.81. The summed E-state index contributed by atoms with van der Waals surface area (Å²) >= 11 is 0. The number of ketones is 1. The van der Waals surface area contributed by atoms with Crippen molar-refractivity contribution in [2.75, 3.05) is 6.61 Å². The third-order valence-electron chi connectivity index (χ3n) is 2.39. The number of carbonyl (C=O) groups is 1. The van der Waals surface area contributed by atoms with Crippen LogP contribution in [0.15, 0.2) is 0 Å². The molecular formula is C9H16O2. The van der Waals surface area contributed by atoms with Gasteiger partial charge in [-0.05, 0) is 19.3 Å². The van der Waals surface area contributed by atoms with Crippen molar-refractivity contribution in [1.82, 2.24) is 0 Å². The first kappa shape index (κ1) is 8.72. The molecule has 11 heavy (non-hydrogen) atoms. The molecular weight excluding hydrogens is 140 g/mol. The van der Waals surface area contributed by atoms with Crippen LogP contribution >= 0.6 is 0 Å². The van der Waals surface area contributed by atoms with E-state index in [9.17, 15) is 4.79 Å². The number of carbonyl (C=O) groups excluding carboxylic acids is 1. The van der Waals surface area contributed by atoms with E-state index in [1.54, 1.807) is 0 Å². The number of rotatable bonds is 4. The first-order valence-electron chi connectivity index (χ1n) is 4.48. The molecule has 1 aliphatic carbocycles. The maximum Gasteiger partial charge on any atom is 0.136 e. The van der Waals surface area contributed by atoms with Crippen molar-refractivity contribution in [3.63, 3.8) is 0 Å². The van der Waals surface area contributed by atoms with E-state index in [-0.39, 0.29) is 6.61 Å². The highest BCUT2D eigenvalue weighted by Crippen LogP contribution is 2.26. The third kappa shape index (κ3) is 2.62. The maximum atomic E-state index is 11.3. The predicted octanol–water partition coefficient (Wildman–Crippen LogP) is 1.52. The van der Waals surface area contributed by atoms with E-state index in [1.165, 1.54) is 12.8 Å². The third-order valence-corrected chi connectivity index (χ3v) is 2.39. The molecule has 0 heterocycles. The van der Waals surface area contributed by atoms with Crippen LogP contribution in [0.2, 0.25) is 0 Å². The number of aliphatic hydroxyl groups is 1. The van der Waals surface area contributed by atoms with Crippen LogP contribution in [0.25, 0.3) is 0 Å². The van der Waals surface area contributed by atoms with Gasteiger partial charge >= 0.3 is 0 Å². The van der Waals surface area contributed by atoms with Crippen LogP contribution in [-0.4, -0.2) is 17.5 Å². The Bertz CT molecular complexity index is 126. The Hall–Kier alpha value is -0.370. The zero-order valence-corrected chi connectivity index (χ0v) is 6.88. The summed E-state index contributed by atoms with van der Waals surface area (Å²) in [7, 11) is 0. The van der Waals surface area contributed by atoms with Gasteiger partial charge in [0.1, 0.15) is 5.78 Å². The first-order valence-corrected chi connectivity index (χ1v) is 4.48. The number of hydrogen-bond acceptors (Lipinski definition) is 2. The summed E-state index contributed by atoms with van der Waals surface area (Å²) in [6.45, 7) is 0.151.